The number of pyridine rings is 1. The number of esters is 1. The van der Waals surface area contributed by atoms with E-state index in [4.69, 9.17) is 4.74 Å². The summed E-state index contributed by atoms with van der Waals surface area (Å²) in [6.45, 7) is 4.17. The fourth-order valence-corrected chi connectivity index (χ4v) is 4.56. The topological polar surface area (TPSA) is 45.7 Å². The summed E-state index contributed by atoms with van der Waals surface area (Å²) in [5, 5.41) is 0. The molecule has 34 heavy (non-hydrogen) atoms. The van der Waals surface area contributed by atoms with E-state index in [2.05, 4.69) is 14.8 Å². The first kappa shape index (κ1) is 23.8. The fraction of sp³-hybridized carbons (Fsp3) is 0.333. The number of anilines is 1. The van der Waals surface area contributed by atoms with Crippen molar-refractivity contribution in [3.05, 3.63) is 95.2 Å². The summed E-state index contributed by atoms with van der Waals surface area (Å²) in [6, 6.07) is 16.6. The molecule has 1 aliphatic heterocycles. The molecule has 1 atom stereocenters. The van der Waals surface area contributed by atoms with E-state index >= 15 is 0 Å². The Labute approximate surface area is 199 Å². The Bertz CT molecular complexity index is 1100. The van der Waals surface area contributed by atoms with E-state index in [9.17, 15) is 13.6 Å². The third kappa shape index (κ3) is 5.78. The van der Waals surface area contributed by atoms with Gasteiger partial charge in [0.05, 0.1) is 7.11 Å². The summed E-state index contributed by atoms with van der Waals surface area (Å²) < 4.78 is 32.2. The van der Waals surface area contributed by atoms with E-state index in [0.717, 1.165) is 56.7 Å². The molecular weight excluding hydrogens is 436 g/mol. The molecule has 0 radical (unpaired) electrons. The van der Waals surface area contributed by atoms with Crippen molar-refractivity contribution >= 4 is 11.8 Å². The largest absolute Gasteiger partial charge is 0.465 e. The maximum Gasteiger partial charge on any atom is 0.341 e. The molecule has 2 aromatic carbocycles. The van der Waals surface area contributed by atoms with Crippen LogP contribution >= 0.6 is 0 Å². The molecule has 7 heteroatoms. The maximum absolute atomic E-state index is 13.9. The van der Waals surface area contributed by atoms with E-state index < -0.39 is 0 Å². The van der Waals surface area contributed by atoms with Gasteiger partial charge in [0.2, 0.25) is 0 Å². The van der Waals surface area contributed by atoms with Gasteiger partial charge >= 0.3 is 5.97 Å². The normalized spacial score (nSPS) is 15.2. The van der Waals surface area contributed by atoms with Crippen molar-refractivity contribution in [2.24, 2.45) is 0 Å². The number of nitrogens with zero attached hydrogens (tertiary/aromatic N) is 3. The van der Waals surface area contributed by atoms with Crippen molar-refractivity contribution in [1.29, 1.82) is 0 Å². The molecule has 0 aliphatic carbocycles. The van der Waals surface area contributed by atoms with Crippen molar-refractivity contribution in [3.63, 3.8) is 0 Å². The summed E-state index contributed by atoms with van der Waals surface area (Å²) in [7, 11) is 1.38. The zero-order valence-corrected chi connectivity index (χ0v) is 19.3. The lowest BCUT2D eigenvalue weighted by atomic mass is 9.87. The Balaban J connectivity index is 1.35. The number of carbonyl (C=O) groups is 1. The van der Waals surface area contributed by atoms with Crippen LogP contribution in [0.1, 0.15) is 40.2 Å². The van der Waals surface area contributed by atoms with Crippen LogP contribution in [0.4, 0.5) is 14.6 Å². The van der Waals surface area contributed by atoms with Gasteiger partial charge in [-0.05, 0) is 66.9 Å². The molecule has 1 aliphatic rings. The van der Waals surface area contributed by atoms with Gasteiger partial charge in [0.1, 0.15) is 23.0 Å². The van der Waals surface area contributed by atoms with Crippen LogP contribution in [-0.4, -0.2) is 55.7 Å². The molecule has 0 bridgehead atoms. The lowest BCUT2D eigenvalue weighted by Gasteiger charge is -2.36. The zero-order valence-electron chi connectivity index (χ0n) is 19.3. The second-order valence-electron chi connectivity index (χ2n) is 8.50. The van der Waals surface area contributed by atoms with Crippen LogP contribution in [0.25, 0.3) is 0 Å². The summed E-state index contributed by atoms with van der Waals surface area (Å²) in [4.78, 5) is 21.0. The van der Waals surface area contributed by atoms with Crippen molar-refractivity contribution in [2.45, 2.75) is 18.8 Å². The molecule has 0 spiro atoms. The monoisotopic (exact) mass is 465 g/mol. The molecule has 1 unspecified atom stereocenters. The van der Waals surface area contributed by atoms with Gasteiger partial charge in [-0.2, -0.15) is 0 Å². The van der Waals surface area contributed by atoms with E-state index in [0.29, 0.717) is 11.4 Å². The molecule has 3 aromatic rings. The number of hydrogen-bond acceptors (Lipinski definition) is 5. The van der Waals surface area contributed by atoms with E-state index in [-0.39, 0.29) is 23.5 Å². The van der Waals surface area contributed by atoms with E-state index in [1.165, 1.54) is 25.3 Å². The number of piperazine rings is 1. The lowest BCUT2D eigenvalue weighted by Crippen LogP contribution is -2.47. The van der Waals surface area contributed by atoms with Crippen LogP contribution in [-0.2, 0) is 4.74 Å². The van der Waals surface area contributed by atoms with Crippen LogP contribution in [0.2, 0.25) is 0 Å². The van der Waals surface area contributed by atoms with Gasteiger partial charge in [-0.3, -0.25) is 4.90 Å². The highest BCUT2D eigenvalue weighted by molar-refractivity contribution is 5.94. The predicted molar refractivity (Wildman–Crippen MR) is 128 cm³/mol. The van der Waals surface area contributed by atoms with Crippen LogP contribution in [0.15, 0.2) is 66.9 Å². The molecule has 1 aromatic heterocycles. The molecule has 4 rings (SSSR count). The highest BCUT2D eigenvalue weighted by Crippen LogP contribution is 2.30. The van der Waals surface area contributed by atoms with Gasteiger partial charge in [0, 0.05) is 38.3 Å². The second kappa shape index (κ2) is 11.2. The average molecular weight is 466 g/mol. The average Bonchev–Trinajstić information content (AvgIpc) is 2.87. The van der Waals surface area contributed by atoms with Crippen LogP contribution in [0.3, 0.4) is 0 Å². The number of halogens is 2. The molecule has 0 amide bonds. The summed E-state index contributed by atoms with van der Waals surface area (Å²) in [6.07, 6.45) is 3.45. The summed E-state index contributed by atoms with van der Waals surface area (Å²) in [5.74, 6) is -0.246. The van der Waals surface area contributed by atoms with Crippen molar-refractivity contribution in [1.82, 2.24) is 9.88 Å². The van der Waals surface area contributed by atoms with E-state index in [1.54, 1.807) is 42.6 Å². The Morgan fingerprint density at radius 1 is 0.971 bits per heavy atom. The summed E-state index contributed by atoms with van der Waals surface area (Å²) in [5.41, 5.74) is 2.37. The van der Waals surface area contributed by atoms with Gasteiger partial charge < -0.3 is 9.64 Å². The molecule has 5 nitrogen and oxygen atoms in total. The third-order valence-electron chi connectivity index (χ3n) is 6.35. The van der Waals surface area contributed by atoms with Crippen molar-refractivity contribution in [3.8, 4) is 0 Å². The Morgan fingerprint density at radius 3 is 2.44 bits per heavy atom. The summed E-state index contributed by atoms with van der Waals surface area (Å²) >= 11 is 0. The lowest BCUT2D eigenvalue weighted by molar-refractivity contribution is 0.0600. The highest BCUT2D eigenvalue weighted by Gasteiger charge is 2.23. The molecular formula is C27H29F2N3O2. The van der Waals surface area contributed by atoms with Crippen LogP contribution in [0, 0.1) is 11.6 Å². The number of hydrogen-bond donors (Lipinski definition) is 0. The van der Waals surface area contributed by atoms with Gasteiger partial charge in [-0.15, -0.1) is 0 Å². The van der Waals surface area contributed by atoms with Crippen molar-refractivity contribution < 1.29 is 18.3 Å². The molecule has 1 saturated heterocycles. The highest BCUT2D eigenvalue weighted by atomic mass is 19.1. The van der Waals surface area contributed by atoms with Gasteiger partial charge in [-0.25, -0.2) is 18.6 Å². The van der Waals surface area contributed by atoms with Gasteiger partial charge in [0.15, 0.2) is 0 Å². The second-order valence-corrected chi connectivity index (χ2v) is 8.50. The standard InChI is InChI=1S/C27H29F2N3O2/c1-34-27(33)25-7-3-13-30-26(25)32-17-15-31(16-18-32)14-4-8-24(20-9-11-22(28)12-10-20)21-5-2-6-23(29)19-21/h2-3,5-7,9-13,19,24H,4,8,14-18H2,1H3. The minimum Gasteiger partial charge on any atom is -0.465 e. The fourth-order valence-electron chi connectivity index (χ4n) is 4.56. The first-order valence-electron chi connectivity index (χ1n) is 11.6. The first-order chi connectivity index (χ1) is 16.5. The Kier molecular flexibility index (Phi) is 7.85. The molecule has 178 valence electrons. The number of aromatic nitrogens is 1. The Morgan fingerprint density at radius 2 is 1.74 bits per heavy atom. The molecule has 0 saturated carbocycles. The van der Waals surface area contributed by atoms with E-state index in [1.807, 2.05) is 6.07 Å². The van der Waals surface area contributed by atoms with Gasteiger partial charge in [-0.1, -0.05) is 24.3 Å². The van der Waals surface area contributed by atoms with Crippen LogP contribution < -0.4 is 4.90 Å². The maximum atomic E-state index is 13.9. The van der Waals surface area contributed by atoms with Gasteiger partial charge in [0.25, 0.3) is 0 Å². The molecule has 1 fully saturated rings. The van der Waals surface area contributed by atoms with Crippen molar-refractivity contribution in [2.75, 3.05) is 44.7 Å². The minimum atomic E-state index is -0.380. The Hall–Kier alpha value is -3.32. The third-order valence-corrected chi connectivity index (χ3v) is 6.35. The molecule has 2 heterocycles. The van der Waals surface area contributed by atoms with Crippen LogP contribution in [0.5, 0.6) is 0 Å². The molecule has 0 N–H and O–H groups in total. The first-order valence-corrected chi connectivity index (χ1v) is 11.6. The number of ether oxygens (including phenoxy) is 1. The SMILES string of the molecule is COC(=O)c1cccnc1N1CCN(CCCC(c2ccc(F)cc2)c2cccc(F)c2)CC1. The minimum absolute atomic E-state index is 0.00808. The number of methoxy groups -OCH3 is 1. The number of benzene rings is 2. The quantitative estimate of drug-likeness (QED) is 0.444. The number of rotatable bonds is 8. The zero-order chi connectivity index (χ0) is 23.9. The smallest absolute Gasteiger partial charge is 0.341 e. The predicted octanol–water partition coefficient (Wildman–Crippen LogP) is 4.88. The number of carbonyl (C=O) groups excluding carboxylic acids is 1.